The molecule has 0 saturated carbocycles. The molecule has 0 atom stereocenters. The molecular formula is C16H37NO3Si. The molecule has 0 heterocycles. The van der Waals surface area contributed by atoms with Crippen LogP contribution in [0.4, 0.5) is 0 Å². The van der Waals surface area contributed by atoms with Gasteiger partial charge >= 0.3 is 0 Å². The lowest BCUT2D eigenvalue weighted by molar-refractivity contribution is -0.163. The van der Waals surface area contributed by atoms with Gasteiger partial charge in [-0.2, -0.15) is 0 Å². The lowest BCUT2D eigenvalue weighted by Crippen LogP contribution is -2.39. The van der Waals surface area contributed by atoms with Gasteiger partial charge < -0.3 is 19.1 Å². The van der Waals surface area contributed by atoms with Crippen molar-refractivity contribution in [1.29, 1.82) is 0 Å². The highest BCUT2D eigenvalue weighted by Crippen LogP contribution is 2.13. The van der Waals surface area contributed by atoms with Gasteiger partial charge in [0.2, 0.25) is 0 Å². The first-order valence-electron chi connectivity index (χ1n) is 8.69. The van der Waals surface area contributed by atoms with Gasteiger partial charge in [-0.15, -0.1) is 0 Å². The number of ether oxygens (including phenoxy) is 3. The molecule has 0 N–H and O–H groups in total. The first kappa shape index (κ1) is 21.1. The van der Waals surface area contributed by atoms with E-state index in [2.05, 4.69) is 25.7 Å². The molecule has 0 aliphatic heterocycles. The van der Waals surface area contributed by atoms with Crippen LogP contribution in [0.1, 0.15) is 47.5 Å². The van der Waals surface area contributed by atoms with Gasteiger partial charge in [0.1, 0.15) is 5.41 Å². The standard InChI is InChI=1S/C16H37NO3Si/c1-6-17(7-2)12-10-13-18-14-11-15-21-16(5,19-8-3)20-9-4/h6-15,21H2,1-5H3. The fourth-order valence-electron chi connectivity index (χ4n) is 2.48. The van der Waals surface area contributed by atoms with Crippen LogP contribution in [-0.4, -0.2) is 65.9 Å². The molecule has 0 radical (unpaired) electrons. The van der Waals surface area contributed by atoms with Crippen molar-refractivity contribution in [3.8, 4) is 0 Å². The van der Waals surface area contributed by atoms with Crippen molar-refractivity contribution in [3.05, 3.63) is 0 Å². The van der Waals surface area contributed by atoms with Crippen LogP contribution in [0.3, 0.4) is 0 Å². The van der Waals surface area contributed by atoms with Crippen LogP contribution in [0.5, 0.6) is 0 Å². The lowest BCUT2D eigenvalue weighted by atomic mass is 10.4. The van der Waals surface area contributed by atoms with E-state index in [4.69, 9.17) is 14.2 Å². The molecule has 0 aromatic heterocycles. The van der Waals surface area contributed by atoms with Crippen LogP contribution in [-0.2, 0) is 14.2 Å². The van der Waals surface area contributed by atoms with Gasteiger partial charge in [-0.1, -0.05) is 19.9 Å². The average Bonchev–Trinajstić information content (AvgIpc) is 2.46. The summed E-state index contributed by atoms with van der Waals surface area (Å²) in [7, 11) is -0.386. The fraction of sp³-hybridized carbons (Fsp3) is 1.00. The van der Waals surface area contributed by atoms with Gasteiger partial charge in [0.05, 0.1) is 9.52 Å². The Morgan fingerprint density at radius 3 is 2.00 bits per heavy atom. The molecule has 0 bridgehead atoms. The summed E-state index contributed by atoms with van der Waals surface area (Å²) in [4.78, 5) is 2.44. The third-order valence-electron chi connectivity index (χ3n) is 3.73. The zero-order valence-corrected chi connectivity index (χ0v) is 16.4. The molecule has 21 heavy (non-hydrogen) atoms. The van der Waals surface area contributed by atoms with Gasteiger partial charge in [-0.25, -0.2) is 0 Å². The van der Waals surface area contributed by atoms with Gasteiger partial charge in [-0.3, -0.25) is 0 Å². The second kappa shape index (κ2) is 13.7. The molecule has 0 fully saturated rings. The number of hydrogen-bond acceptors (Lipinski definition) is 4. The van der Waals surface area contributed by atoms with Crippen LogP contribution >= 0.6 is 0 Å². The number of rotatable bonds is 15. The Morgan fingerprint density at radius 2 is 1.48 bits per heavy atom. The summed E-state index contributed by atoms with van der Waals surface area (Å²) in [5.41, 5.74) is -0.285. The van der Waals surface area contributed by atoms with E-state index in [-0.39, 0.29) is 14.9 Å². The van der Waals surface area contributed by atoms with Gasteiger partial charge in [0.25, 0.3) is 0 Å². The third kappa shape index (κ3) is 11.3. The molecular weight excluding hydrogens is 282 g/mol. The highest BCUT2D eigenvalue weighted by Gasteiger charge is 2.24. The van der Waals surface area contributed by atoms with Crippen LogP contribution in [0.2, 0.25) is 6.04 Å². The number of nitrogens with zero attached hydrogens (tertiary/aromatic N) is 1. The van der Waals surface area contributed by atoms with Gasteiger partial charge in [-0.05, 0) is 46.7 Å². The Labute approximate surface area is 134 Å². The zero-order chi connectivity index (χ0) is 16.0. The van der Waals surface area contributed by atoms with E-state index in [1.54, 1.807) is 0 Å². The molecule has 5 heteroatoms. The first-order chi connectivity index (χ1) is 10.1. The fourth-order valence-corrected chi connectivity index (χ4v) is 4.27. The summed E-state index contributed by atoms with van der Waals surface area (Å²) >= 11 is 0. The van der Waals surface area contributed by atoms with E-state index in [1.165, 1.54) is 6.04 Å². The average molecular weight is 320 g/mol. The molecule has 128 valence electrons. The van der Waals surface area contributed by atoms with E-state index < -0.39 is 0 Å². The predicted molar refractivity (Wildman–Crippen MR) is 92.8 cm³/mol. The van der Waals surface area contributed by atoms with Crippen LogP contribution in [0.15, 0.2) is 0 Å². The summed E-state index contributed by atoms with van der Waals surface area (Å²) < 4.78 is 17.2. The Hall–Kier alpha value is 0.0569. The lowest BCUT2D eigenvalue weighted by Gasteiger charge is -2.29. The van der Waals surface area contributed by atoms with Crippen molar-refractivity contribution < 1.29 is 14.2 Å². The molecule has 0 aromatic carbocycles. The van der Waals surface area contributed by atoms with Crippen LogP contribution < -0.4 is 0 Å². The van der Waals surface area contributed by atoms with Crippen molar-refractivity contribution in [2.75, 3.05) is 46.1 Å². The van der Waals surface area contributed by atoms with Crippen LogP contribution in [0, 0.1) is 0 Å². The molecule has 4 nitrogen and oxygen atoms in total. The minimum absolute atomic E-state index is 0.285. The largest absolute Gasteiger partial charge is 0.381 e. The van der Waals surface area contributed by atoms with Crippen molar-refractivity contribution in [3.63, 3.8) is 0 Å². The maximum atomic E-state index is 5.76. The Kier molecular flexibility index (Phi) is 13.7. The second-order valence-electron chi connectivity index (χ2n) is 5.45. The molecule has 0 rings (SSSR count). The molecule has 0 aliphatic rings. The van der Waals surface area contributed by atoms with E-state index in [0.717, 1.165) is 58.9 Å². The van der Waals surface area contributed by atoms with E-state index in [0.29, 0.717) is 0 Å². The van der Waals surface area contributed by atoms with Crippen molar-refractivity contribution in [1.82, 2.24) is 4.90 Å². The second-order valence-corrected chi connectivity index (χ2v) is 7.94. The molecule has 0 amide bonds. The first-order valence-corrected chi connectivity index (χ1v) is 10.4. The van der Waals surface area contributed by atoms with Crippen molar-refractivity contribution >= 4 is 9.52 Å². The predicted octanol–water partition coefficient (Wildman–Crippen LogP) is 2.46. The van der Waals surface area contributed by atoms with Crippen molar-refractivity contribution in [2.24, 2.45) is 0 Å². The van der Waals surface area contributed by atoms with Gasteiger partial charge in [0, 0.05) is 33.0 Å². The topological polar surface area (TPSA) is 30.9 Å². The Morgan fingerprint density at radius 1 is 0.905 bits per heavy atom. The molecule has 0 aliphatic carbocycles. The number of hydrogen-bond donors (Lipinski definition) is 0. The van der Waals surface area contributed by atoms with Crippen LogP contribution in [0.25, 0.3) is 0 Å². The highest BCUT2D eigenvalue weighted by molar-refractivity contribution is 6.38. The Balaban J connectivity index is 3.53. The summed E-state index contributed by atoms with van der Waals surface area (Å²) in [6.07, 6.45) is 2.27. The summed E-state index contributed by atoms with van der Waals surface area (Å²) in [5.74, 6) is 0. The quantitative estimate of drug-likeness (QED) is 0.264. The summed E-state index contributed by atoms with van der Waals surface area (Å²) in [5, 5.41) is 0. The van der Waals surface area contributed by atoms with Gasteiger partial charge in [0.15, 0.2) is 0 Å². The summed E-state index contributed by atoms with van der Waals surface area (Å²) in [6.45, 7) is 17.2. The molecule has 0 aromatic rings. The van der Waals surface area contributed by atoms with E-state index in [1.807, 2.05) is 13.8 Å². The third-order valence-corrected chi connectivity index (χ3v) is 5.90. The molecule has 0 unspecified atom stereocenters. The highest BCUT2D eigenvalue weighted by atomic mass is 28.2. The maximum absolute atomic E-state index is 5.76. The summed E-state index contributed by atoms with van der Waals surface area (Å²) in [6, 6.07) is 1.21. The molecule has 0 saturated heterocycles. The normalized spacial score (nSPS) is 12.9. The van der Waals surface area contributed by atoms with E-state index >= 15 is 0 Å². The Bertz CT molecular complexity index is 220. The minimum Gasteiger partial charge on any atom is -0.381 e. The SMILES string of the molecule is CCOC(C)(OCC)[SiH2]CCCOCCCN(CC)CC. The monoisotopic (exact) mass is 319 g/mol. The zero-order valence-electron chi connectivity index (χ0n) is 15.0. The minimum atomic E-state index is -0.386. The molecule has 0 spiro atoms. The van der Waals surface area contributed by atoms with Crippen molar-refractivity contribution in [2.45, 2.75) is 58.9 Å². The van der Waals surface area contributed by atoms with E-state index in [9.17, 15) is 0 Å². The smallest absolute Gasteiger partial charge is 0.142 e. The maximum Gasteiger partial charge on any atom is 0.142 e.